The van der Waals surface area contributed by atoms with Crippen molar-refractivity contribution in [1.29, 1.82) is 0 Å². The molecule has 2 fully saturated rings. The first-order valence-electron chi connectivity index (χ1n) is 8.83. The number of aliphatic hydroxyl groups is 1. The average molecular weight is 349 g/mol. The molecule has 1 aliphatic heterocycles. The molecule has 1 N–H and O–H groups in total. The first kappa shape index (κ1) is 18.1. The minimum absolute atomic E-state index is 0.00154. The molecule has 2 atom stereocenters. The van der Waals surface area contributed by atoms with Crippen molar-refractivity contribution in [1.82, 2.24) is 14.7 Å². The molecular weight excluding hydrogens is 322 g/mol. The molecular formula is C18H27N3O4. The van der Waals surface area contributed by atoms with Gasteiger partial charge in [0.2, 0.25) is 5.91 Å². The van der Waals surface area contributed by atoms with Gasteiger partial charge in [-0.25, -0.2) is 0 Å². The van der Waals surface area contributed by atoms with Gasteiger partial charge in [-0.15, -0.1) is 0 Å². The molecule has 7 nitrogen and oxygen atoms in total. The normalized spacial score (nSPS) is 25.1. The molecule has 0 bridgehead atoms. The number of piperidine rings is 1. The molecule has 1 amide bonds. The van der Waals surface area contributed by atoms with Gasteiger partial charge in [0.15, 0.2) is 5.78 Å². The zero-order valence-corrected chi connectivity index (χ0v) is 15.4. The van der Waals surface area contributed by atoms with Crippen molar-refractivity contribution in [3.05, 3.63) is 17.0 Å². The number of methoxy groups -OCH3 is 1. The average Bonchev–Trinajstić information content (AvgIpc) is 2.86. The van der Waals surface area contributed by atoms with Crippen molar-refractivity contribution in [2.45, 2.75) is 58.8 Å². The lowest BCUT2D eigenvalue weighted by atomic mass is 9.58. The van der Waals surface area contributed by atoms with E-state index in [0.717, 1.165) is 18.5 Å². The van der Waals surface area contributed by atoms with Crippen molar-refractivity contribution in [2.24, 2.45) is 5.41 Å². The van der Waals surface area contributed by atoms with Crippen LogP contribution < -0.4 is 0 Å². The Hall–Kier alpha value is -1.73. The number of carbonyl (C=O) groups excluding carboxylic acids is 2. The highest BCUT2D eigenvalue weighted by Gasteiger charge is 2.56. The van der Waals surface area contributed by atoms with Crippen LogP contribution in [-0.4, -0.2) is 63.9 Å². The molecule has 1 spiro atoms. The van der Waals surface area contributed by atoms with Crippen LogP contribution in [0.3, 0.4) is 0 Å². The lowest BCUT2D eigenvalue weighted by molar-refractivity contribution is -0.202. The predicted octanol–water partition coefficient (Wildman–Crippen LogP) is 1.09. The highest BCUT2D eigenvalue weighted by Crippen LogP contribution is 2.50. The summed E-state index contributed by atoms with van der Waals surface area (Å²) in [5, 5.41) is 14.5. The van der Waals surface area contributed by atoms with Crippen LogP contribution in [0.15, 0.2) is 0 Å². The van der Waals surface area contributed by atoms with Gasteiger partial charge in [0.1, 0.15) is 6.54 Å². The van der Waals surface area contributed by atoms with E-state index in [1.165, 1.54) is 6.92 Å². The minimum atomic E-state index is -0.330. The van der Waals surface area contributed by atoms with E-state index in [9.17, 15) is 14.7 Å². The van der Waals surface area contributed by atoms with Crippen LogP contribution in [0, 0.1) is 19.3 Å². The van der Waals surface area contributed by atoms with Gasteiger partial charge < -0.3 is 14.7 Å². The summed E-state index contributed by atoms with van der Waals surface area (Å²) in [7, 11) is 1.69. The minimum Gasteiger partial charge on any atom is -0.392 e. The number of aryl methyl sites for hydroxylation is 1. The number of ether oxygens (including phenoxy) is 1. The molecule has 1 saturated heterocycles. The Balaban J connectivity index is 1.64. The molecule has 0 radical (unpaired) electrons. The quantitative estimate of drug-likeness (QED) is 0.823. The fourth-order valence-electron chi connectivity index (χ4n) is 4.47. The Kier molecular flexibility index (Phi) is 4.72. The van der Waals surface area contributed by atoms with E-state index in [-0.39, 0.29) is 35.9 Å². The Morgan fingerprint density at radius 3 is 2.44 bits per heavy atom. The second kappa shape index (κ2) is 6.53. The SMILES string of the molecule is CO[C@@H]1C[C@H](O)C12CCN(C(=O)Cn1nc(C)c(C(C)=O)c1C)CC2. The number of likely N-dealkylation sites (tertiary alicyclic amines) is 1. The molecule has 2 heterocycles. The summed E-state index contributed by atoms with van der Waals surface area (Å²) < 4.78 is 7.11. The number of aromatic nitrogens is 2. The first-order chi connectivity index (χ1) is 11.8. The molecule has 1 aromatic heterocycles. The molecule has 1 aliphatic carbocycles. The van der Waals surface area contributed by atoms with Crippen molar-refractivity contribution in [3.63, 3.8) is 0 Å². The standard InChI is InChI=1S/C18H27N3O4/c1-11-17(13(3)22)12(2)21(19-11)10-16(24)20-7-5-18(6-8-20)14(23)9-15(18)25-4/h14-15,23H,5-10H2,1-4H3/t14-,15+/m0/s1. The van der Waals surface area contributed by atoms with E-state index in [1.54, 1.807) is 18.7 Å². The highest BCUT2D eigenvalue weighted by molar-refractivity contribution is 5.96. The number of Topliss-reactive ketones (excluding diaryl/α,β-unsaturated/α-hetero) is 1. The number of hydrogen-bond donors (Lipinski definition) is 1. The topological polar surface area (TPSA) is 84.7 Å². The molecule has 0 aromatic carbocycles. The second-order valence-corrected chi connectivity index (χ2v) is 7.35. The molecule has 0 unspecified atom stereocenters. The van der Waals surface area contributed by atoms with Crippen LogP contribution in [0.4, 0.5) is 0 Å². The summed E-state index contributed by atoms with van der Waals surface area (Å²) in [6.45, 7) is 6.51. The maximum atomic E-state index is 12.6. The van der Waals surface area contributed by atoms with Crippen LogP contribution in [-0.2, 0) is 16.1 Å². The van der Waals surface area contributed by atoms with Crippen LogP contribution in [0.25, 0.3) is 0 Å². The van der Waals surface area contributed by atoms with Gasteiger partial charge in [0.05, 0.1) is 23.5 Å². The fraction of sp³-hybridized carbons (Fsp3) is 0.722. The predicted molar refractivity (Wildman–Crippen MR) is 91.4 cm³/mol. The van der Waals surface area contributed by atoms with Gasteiger partial charge >= 0.3 is 0 Å². The van der Waals surface area contributed by atoms with Crippen molar-refractivity contribution in [3.8, 4) is 0 Å². The summed E-state index contributed by atoms with van der Waals surface area (Å²) in [6, 6.07) is 0. The van der Waals surface area contributed by atoms with Crippen LogP contribution in [0.5, 0.6) is 0 Å². The first-order valence-corrected chi connectivity index (χ1v) is 8.83. The summed E-state index contributed by atoms with van der Waals surface area (Å²) in [5.41, 5.74) is 1.81. The summed E-state index contributed by atoms with van der Waals surface area (Å²) in [4.78, 5) is 26.2. The molecule has 1 aromatic rings. The third kappa shape index (κ3) is 2.89. The molecule has 25 heavy (non-hydrogen) atoms. The van der Waals surface area contributed by atoms with E-state index in [4.69, 9.17) is 4.74 Å². The lowest BCUT2D eigenvalue weighted by Gasteiger charge is -2.56. The van der Waals surface area contributed by atoms with E-state index in [1.807, 2.05) is 11.8 Å². The summed E-state index contributed by atoms with van der Waals surface area (Å²) in [5.74, 6) is -0.0310. The lowest BCUT2D eigenvalue weighted by Crippen LogP contribution is -2.62. The third-order valence-electron chi connectivity index (χ3n) is 6.09. The van der Waals surface area contributed by atoms with Gasteiger partial charge in [-0.3, -0.25) is 14.3 Å². The van der Waals surface area contributed by atoms with Gasteiger partial charge in [-0.1, -0.05) is 0 Å². The van der Waals surface area contributed by atoms with E-state index in [0.29, 0.717) is 30.8 Å². The number of ketones is 1. The largest absolute Gasteiger partial charge is 0.392 e. The van der Waals surface area contributed by atoms with Crippen molar-refractivity contribution in [2.75, 3.05) is 20.2 Å². The Morgan fingerprint density at radius 2 is 1.96 bits per heavy atom. The third-order valence-corrected chi connectivity index (χ3v) is 6.09. The van der Waals surface area contributed by atoms with Crippen LogP contribution >= 0.6 is 0 Å². The zero-order chi connectivity index (χ0) is 18.4. The zero-order valence-electron chi connectivity index (χ0n) is 15.4. The Morgan fingerprint density at radius 1 is 1.32 bits per heavy atom. The van der Waals surface area contributed by atoms with Crippen LogP contribution in [0.1, 0.15) is 47.9 Å². The smallest absolute Gasteiger partial charge is 0.244 e. The molecule has 138 valence electrons. The number of nitrogens with zero attached hydrogens (tertiary/aromatic N) is 3. The van der Waals surface area contributed by atoms with Gasteiger partial charge in [0, 0.05) is 37.7 Å². The van der Waals surface area contributed by atoms with E-state index >= 15 is 0 Å². The molecule has 7 heteroatoms. The van der Waals surface area contributed by atoms with Crippen molar-refractivity contribution < 1.29 is 19.4 Å². The fourth-order valence-corrected chi connectivity index (χ4v) is 4.47. The number of hydrogen-bond acceptors (Lipinski definition) is 5. The maximum Gasteiger partial charge on any atom is 0.244 e. The summed E-state index contributed by atoms with van der Waals surface area (Å²) >= 11 is 0. The van der Waals surface area contributed by atoms with Gasteiger partial charge in [-0.05, 0) is 33.6 Å². The Labute approximate surface area is 147 Å². The second-order valence-electron chi connectivity index (χ2n) is 7.35. The maximum absolute atomic E-state index is 12.6. The molecule has 3 rings (SSSR count). The highest BCUT2D eigenvalue weighted by atomic mass is 16.5. The van der Waals surface area contributed by atoms with E-state index < -0.39 is 0 Å². The van der Waals surface area contributed by atoms with Crippen LogP contribution in [0.2, 0.25) is 0 Å². The summed E-state index contributed by atoms with van der Waals surface area (Å²) in [6.07, 6.45) is 1.96. The van der Waals surface area contributed by atoms with E-state index in [2.05, 4.69) is 5.10 Å². The molecule has 2 aliphatic rings. The van der Waals surface area contributed by atoms with Crippen molar-refractivity contribution >= 4 is 11.7 Å². The number of amides is 1. The molecule has 1 saturated carbocycles. The number of carbonyl (C=O) groups is 2. The Bertz CT molecular complexity index is 689. The van der Waals surface area contributed by atoms with Gasteiger partial charge in [-0.2, -0.15) is 5.10 Å². The number of rotatable bonds is 4. The van der Waals surface area contributed by atoms with Gasteiger partial charge in [0.25, 0.3) is 0 Å². The number of aliphatic hydroxyl groups excluding tert-OH is 1. The monoisotopic (exact) mass is 349 g/mol.